The van der Waals surface area contributed by atoms with Crippen LogP contribution in [0.2, 0.25) is 0 Å². The van der Waals surface area contributed by atoms with E-state index in [-0.39, 0.29) is 0 Å². The summed E-state index contributed by atoms with van der Waals surface area (Å²) in [4.78, 5) is 0. The lowest BCUT2D eigenvalue weighted by atomic mass is 9.69. The van der Waals surface area contributed by atoms with Crippen LogP contribution in [0.1, 0.15) is 65.7 Å². The molecule has 0 aromatic heterocycles. The van der Waals surface area contributed by atoms with Gasteiger partial charge in [0.2, 0.25) is 0 Å². The Morgan fingerprint density at radius 3 is 2.42 bits per heavy atom. The van der Waals surface area contributed by atoms with E-state index in [9.17, 15) is 0 Å². The molecule has 3 aliphatic rings. The Hall–Kier alpha value is 0.310. The molecule has 0 spiro atoms. The minimum Gasteiger partial charge on any atom is -0.311 e. The van der Waals surface area contributed by atoms with Gasteiger partial charge in [-0.05, 0) is 61.5 Å². The molecule has 1 nitrogen and oxygen atoms in total. The molecular weight excluding hydrogens is 250 g/mol. The molecule has 0 aromatic rings. The summed E-state index contributed by atoms with van der Waals surface area (Å²) < 4.78 is 0. The Balaban J connectivity index is 1.65. The molecule has 1 N–H and O–H groups in total. The van der Waals surface area contributed by atoms with E-state index < -0.39 is 0 Å². The highest BCUT2D eigenvalue weighted by Gasteiger charge is 2.61. The van der Waals surface area contributed by atoms with Crippen molar-refractivity contribution in [1.29, 1.82) is 0 Å². The Morgan fingerprint density at radius 1 is 1.05 bits per heavy atom. The topological polar surface area (TPSA) is 12.0 Å². The predicted molar refractivity (Wildman–Crippen MR) is 85.7 cm³/mol. The van der Waals surface area contributed by atoms with Crippen LogP contribution < -0.4 is 5.32 Å². The van der Waals surface area contributed by atoms with Gasteiger partial charge in [0.15, 0.2) is 0 Å². The normalized spacial score (nSPS) is 48.6. The lowest BCUT2D eigenvalue weighted by molar-refractivity contribution is 0.111. The second-order valence-electron chi connectivity index (χ2n) is 8.05. The van der Waals surface area contributed by atoms with Crippen LogP contribution in [0.3, 0.4) is 0 Å². The number of hydrogen-bond donors (Lipinski definition) is 1. The second-order valence-corrected chi connectivity index (χ2v) is 9.19. The summed E-state index contributed by atoms with van der Waals surface area (Å²) in [6.07, 6.45) is 12.3. The zero-order chi connectivity index (χ0) is 13.7. The second kappa shape index (κ2) is 4.94. The van der Waals surface area contributed by atoms with E-state index in [1.165, 1.54) is 44.9 Å². The van der Waals surface area contributed by atoms with Crippen molar-refractivity contribution in [3.63, 3.8) is 0 Å². The molecule has 2 heteroatoms. The number of thioether (sulfide) groups is 1. The molecular formula is C17H31NS. The third kappa shape index (κ3) is 2.18. The average molecular weight is 282 g/mol. The molecule has 0 aliphatic heterocycles. The zero-order valence-corrected chi connectivity index (χ0v) is 14.0. The van der Waals surface area contributed by atoms with Crippen LogP contribution in [0.5, 0.6) is 0 Å². The lowest BCUT2D eigenvalue weighted by Gasteiger charge is -2.42. The van der Waals surface area contributed by atoms with Crippen molar-refractivity contribution in [3.05, 3.63) is 0 Å². The number of fused-ring (bicyclic) bond motifs is 2. The first-order valence-corrected chi connectivity index (χ1v) is 9.55. The minimum absolute atomic E-state index is 0.546. The van der Waals surface area contributed by atoms with Crippen molar-refractivity contribution in [1.82, 2.24) is 5.32 Å². The number of nitrogens with one attached hydrogen (secondary N) is 1. The standard InChI is InChI=1S/C17H31NS/c1-16(2)12-8-9-17(16,3)15(10-12)18-13-6-5-7-14(11-13)19-4/h12-15,18H,5-11H2,1-4H3. The van der Waals surface area contributed by atoms with E-state index in [2.05, 4.69) is 44.1 Å². The van der Waals surface area contributed by atoms with Gasteiger partial charge in [-0.3, -0.25) is 0 Å². The highest BCUT2D eigenvalue weighted by atomic mass is 32.2. The van der Waals surface area contributed by atoms with Crippen LogP contribution in [-0.2, 0) is 0 Å². The van der Waals surface area contributed by atoms with Gasteiger partial charge in [0, 0.05) is 17.3 Å². The number of hydrogen-bond acceptors (Lipinski definition) is 2. The van der Waals surface area contributed by atoms with Crippen molar-refractivity contribution < 1.29 is 0 Å². The van der Waals surface area contributed by atoms with E-state index in [4.69, 9.17) is 0 Å². The van der Waals surface area contributed by atoms with Gasteiger partial charge in [0.05, 0.1) is 0 Å². The fourth-order valence-corrected chi connectivity index (χ4v) is 6.08. The van der Waals surface area contributed by atoms with Crippen LogP contribution in [0.4, 0.5) is 0 Å². The Kier molecular flexibility index (Phi) is 3.71. The Bertz CT molecular complexity index is 340. The maximum Gasteiger partial charge on any atom is 0.0131 e. The molecule has 0 heterocycles. The molecule has 2 bridgehead atoms. The third-order valence-corrected chi connectivity index (χ3v) is 8.29. The summed E-state index contributed by atoms with van der Waals surface area (Å²) >= 11 is 2.08. The molecule has 3 rings (SSSR count). The summed E-state index contributed by atoms with van der Waals surface area (Å²) in [5.74, 6) is 0.968. The van der Waals surface area contributed by atoms with Crippen molar-refractivity contribution in [2.75, 3.05) is 6.26 Å². The zero-order valence-electron chi connectivity index (χ0n) is 13.2. The van der Waals surface area contributed by atoms with Gasteiger partial charge in [0.1, 0.15) is 0 Å². The van der Waals surface area contributed by atoms with Crippen molar-refractivity contribution in [2.45, 2.75) is 83.1 Å². The SMILES string of the molecule is CSC1CCCC(NC2CC3CCC2(C)C3(C)C)C1. The van der Waals surface area contributed by atoms with Crippen LogP contribution in [-0.4, -0.2) is 23.6 Å². The molecule has 3 saturated carbocycles. The first-order valence-electron chi connectivity index (χ1n) is 8.26. The molecule has 3 fully saturated rings. The Morgan fingerprint density at radius 2 is 1.84 bits per heavy atom. The van der Waals surface area contributed by atoms with Gasteiger partial charge < -0.3 is 5.32 Å². The predicted octanol–water partition coefficient (Wildman–Crippen LogP) is 4.47. The van der Waals surface area contributed by atoms with Gasteiger partial charge in [-0.2, -0.15) is 11.8 Å². The fraction of sp³-hybridized carbons (Fsp3) is 1.00. The van der Waals surface area contributed by atoms with Crippen LogP contribution in [0.25, 0.3) is 0 Å². The van der Waals surface area contributed by atoms with Crippen LogP contribution >= 0.6 is 11.8 Å². The molecule has 0 saturated heterocycles. The largest absolute Gasteiger partial charge is 0.311 e. The Labute approximate surface area is 123 Å². The van der Waals surface area contributed by atoms with Crippen LogP contribution in [0.15, 0.2) is 0 Å². The maximum atomic E-state index is 4.10. The molecule has 19 heavy (non-hydrogen) atoms. The first-order chi connectivity index (χ1) is 8.97. The van der Waals surface area contributed by atoms with E-state index in [0.717, 1.165) is 23.3 Å². The van der Waals surface area contributed by atoms with Crippen molar-refractivity contribution in [3.8, 4) is 0 Å². The first kappa shape index (κ1) is 14.3. The van der Waals surface area contributed by atoms with E-state index in [0.29, 0.717) is 10.8 Å². The fourth-order valence-electron chi connectivity index (χ4n) is 5.25. The van der Waals surface area contributed by atoms with E-state index >= 15 is 0 Å². The maximum absolute atomic E-state index is 4.10. The molecule has 3 aliphatic carbocycles. The summed E-state index contributed by atoms with van der Waals surface area (Å²) in [5.41, 5.74) is 1.10. The third-order valence-electron chi connectivity index (χ3n) is 7.19. The van der Waals surface area contributed by atoms with E-state index in [1.807, 2.05) is 0 Å². The van der Waals surface area contributed by atoms with Crippen molar-refractivity contribution in [2.24, 2.45) is 16.7 Å². The van der Waals surface area contributed by atoms with E-state index in [1.54, 1.807) is 0 Å². The molecule has 0 amide bonds. The smallest absolute Gasteiger partial charge is 0.0131 e. The van der Waals surface area contributed by atoms with Gasteiger partial charge in [-0.25, -0.2) is 0 Å². The van der Waals surface area contributed by atoms with Gasteiger partial charge >= 0.3 is 0 Å². The molecule has 110 valence electrons. The van der Waals surface area contributed by atoms with Gasteiger partial charge in [-0.15, -0.1) is 0 Å². The monoisotopic (exact) mass is 281 g/mol. The average Bonchev–Trinajstić information content (AvgIpc) is 2.72. The summed E-state index contributed by atoms with van der Waals surface area (Å²) in [6, 6.07) is 1.58. The minimum atomic E-state index is 0.546. The molecule has 5 atom stereocenters. The van der Waals surface area contributed by atoms with Crippen molar-refractivity contribution >= 4 is 11.8 Å². The highest BCUT2D eigenvalue weighted by molar-refractivity contribution is 7.99. The number of rotatable bonds is 3. The summed E-state index contributed by atoms with van der Waals surface area (Å²) in [7, 11) is 0. The highest BCUT2D eigenvalue weighted by Crippen LogP contribution is 2.65. The van der Waals surface area contributed by atoms with Gasteiger partial charge in [-0.1, -0.05) is 27.2 Å². The van der Waals surface area contributed by atoms with Gasteiger partial charge in [0.25, 0.3) is 0 Å². The lowest BCUT2D eigenvalue weighted by Crippen LogP contribution is -2.49. The molecule has 0 aromatic carbocycles. The summed E-state index contributed by atoms with van der Waals surface area (Å²) in [6.45, 7) is 7.61. The molecule has 5 unspecified atom stereocenters. The van der Waals surface area contributed by atoms with Crippen LogP contribution in [0, 0.1) is 16.7 Å². The summed E-state index contributed by atoms with van der Waals surface area (Å²) in [5, 5.41) is 5.00. The quantitative estimate of drug-likeness (QED) is 0.819. The molecule has 0 radical (unpaired) electrons.